The molecular weight excluding hydrogens is 271 g/mol. The lowest BCUT2D eigenvalue weighted by atomic mass is 10.0. The van der Waals surface area contributed by atoms with Gasteiger partial charge in [0, 0.05) is 25.7 Å². The second-order valence-corrected chi connectivity index (χ2v) is 5.80. The zero-order chi connectivity index (χ0) is 15.2. The largest absolute Gasteiger partial charge is 0.494 e. The fourth-order valence-electron chi connectivity index (χ4n) is 2.82. The maximum Gasteiger partial charge on any atom is 0.165 e. The average molecular weight is 296 g/mol. The summed E-state index contributed by atoms with van der Waals surface area (Å²) in [7, 11) is 3.51. The van der Waals surface area contributed by atoms with E-state index in [9.17, 15) is 4.39 Å². The van der Waals surface area contributed by atoms with Gasteiger partial charge >= 0.3 is 0 Å². The van der Waals surface area contributed by atoms with Crippen LogP contribution in [0.5, 0.6) is 5.75 Å². The Hall–Kier alpha value is -1.17. The summed E-state index contributed by atoms with van der Waals surface area (Å²) in [6, 6.07) is 4.70. The number of methoxy groups -OCH3 is 1. The number of nitrogens with two attached hydrogens (primary N) is 1. The Labute approximate surface area is 126 Å². The van der Waals surface area contributed by atoms with Gasteiger partial charge in [-0.15, -0.1) is 0 Å². The van der Waals surface area contributed by atoms with Gasteiger partial charge < -0.3 is 20.1 Å². The maximum absolute atomic E-state index is 13.7. The lowest BCUT2D eigenvalue weighted by Crippen LogP contribution is -2.35. The van der Waals surface area contributed by atoms with Crippen LogP contribution in [0.25, 0.3) is 0 Å². The molecule has 2 unspecified atom stereocenters. The molecule has 1 fully saturated rings. The quantitative estimate of drug-likeness (QED) is 0.874. The highest BCUT2D eigenvalue weighted by molar-refractivity contribution is 5.31. The molecule has 21 heavy (non-hydrogen) atoms. The van der Waals surface area contributed by atoms with Gasteiger partial charge in [0.25, 0.3) is 0 Å². The fourth-order valence-corrected chi connectivity index (χ4v) is 2.82. The van der Waals surface area contributed by atoms with Crippen LogP contribution in [0.2, 0.25) is 0 Å². The van der Waals surface area contributed by atoms with Gasteiger partial charge in [0.05, 0.1) is 13.7 Å². The molecule has 0 radical (unpaired) electrons. The standard InChI is InChI=1S/C16H25FN2O2/c1-19(9-12-4-3-7-21-11-12)10-15(18)13-5-6-16(20-2)14(17)8-13/h5-6,8,12,15H,3-4,7,9-11,18H2,1-2H3. The molecule has 0 aliphatic carbocycles. The minimum absolute atomic E-state index is 0.208. The molecule has 1 aliphatic heterocycles. The normalized spacial score (nSPS) is 20.5. The van der Waals surface area contributed by atoms with Crippen LogP contribution in [0.3, 0.4) is 0 Å². The molecule has 1 heterocycles. The van der Waals surface area contributed by atoms with Crippen molar-refractivity contribution in [1.82, 2.24) is 4.90 Å². The third-order valence-electron chi connectivity index (χ3n) is 3.94. The van der Waals surface area contributed by atoms with E-state index in [-0.39, 0.29) is 17.6 Å². The summed E-state index contributed by atoms with van der Waals surface area (Å²) in [5.74, 6) is 0.455. The van der Waals surface area contributed by atoms with Crippen LogP contribution in [-0.4, -0.2) is 45.4 Å². The number of rotatable bonds is 6. The molecular formula is C16H25FN2O2. The third-order valence-corrected chi connectivity index (χ3v) is 3.94. The Morgan fingerprint density at radius 2 is 2.33 bits per heavy atom. The molecule has 2 rings (SSSR count). The van der Waals surface area contributed by atoms with E-state index >= 15 is 0 Å². The smallest absolute Gasteiger partial charge is 0.165 e. The van der Waals surface area contributed by atoms with Gasteiger partial charge in [-0.25, -0.2) is 4.39 Å². The molecule has 0 aromatic heterocycles. The first kappa shape index (κ1) is 16.2. The highest BCUT2D eigenvalue weighted by Gasteiger charge is 2.18. The van der Waals surface area contributed by atoms with Gasteiger partial charge in [-0.1, -0.05) is 6.07 Å². The van der Waals surface area contributed by atoms with E-state index in [1.807, 2.05) is 13.1 Å². The van der Waals surface area contributed by atoms with Gasteiger partial charge in [0.2, 0.25) is 0 Å². The van der Waals surface area contributed by atoms with Crippen molar-refractivity contribution < 1.29 is 13.9 Å². The van der Waals surface area contributed by atoms with Crippen LogP contribution < -0.4 is 10.5 Å². The number of nitrogens with zero attached hydrogens (tertiary/aromatic N) is 1. The molecule has 4 nitrogen and oxygen atoms in total. The molecule has 0 amide bonds. The second kappa shape index (κ2) is 7.73. The summed E-state index contributed by atoms with van der Waals surface area (Å²) >= 11 is 0. The van der Waals surface area contributed by atoms with E-state index < -0.39 is 0 Å². The Morgan fingerprint density at radius 1 is 1.52 bits per heavy atom. The van der Waals surface area contributed by atoms with Crippen molar-refractivity contribution in [1.29, 1.82) is 0 Å². The molecule has 1 aromatic rings. The monoisotopic (exact) mass is 296 g/mol. The van der Waals surface area contributed by atoms with Crippen molar-refractivity contribution in [2.45, 2.75) is 18.9 Å². The molecule has 1 aliphatic rings. The first-order chi connectivity index (χ1) is 10.1. The number of likely N-dealkylation sites (N-methyl/N-ethyl adjacent to an activating group) is 1. The summed E-state index contributed by atoms with van der Waals surface area (Å²) in [5.41, 5.74) is 6.97. The van der Waals surface area contributed by atoms with Crippen molar-refractivity contribution in [3.8, 4) is 5.75 Å². The molecule has 2 atom stereocenters. The first-order valence-corrected chi connectivity index (χ1v) is 7.45. The fraction of sp³-hybridized carbons (Fsp3) is 0.625. The van der Waals surface area contributed by atoms with Gasteiger partial charge in [-0.2, -0.15) is 0 Å². The summed E-state index contributed by atoms with van der Waals surface area (Å²) < 4.78 is 24.1. The van der Waals surface area contributed by atoms with Crippen LogP contribution in [0.1, 0.15) is 24.4 Å². The Kier molecular flexibility index (Phi) is 5.96. The summed E-state index contributed by atoms with van der Waals surface area (Å²) in [4.78, 5) is 2.20. The highest BCUT2D eigenvalue weighted by Crippen LogP contribution is 2.22. The number of hydrogen-bond donors (Lipinski definition) is 1. The third kappa shape index (κ3) is 4.66. The van der Waals surface area contributed by atoms with Gasteiger partial charge in [0.15, 0.2) is 11.6 Å². The molecule has 0 spiro atoms. The SMILES string of the molecule is COc1ccc(C(N)CN(C)CC2CCCOC2)cc1F. The molecule has 1 saturated heterocycles. The zero-order valence-corrected chi connectivity index (χ0v) is 12.8. The van der Waals surface area contributed by atoms with Gasteiger partial charge in [0.1, 0.15) is 0 Å². The average Bonchev–Trinajstić information content (AvgIpc) is 2.48. The highest BCUT2D eigenvalue weighted by atomic mass is 19.1. The van der Waals surface area contributed by atoms with Crippen LogP contribution in [-0.2, 0) is 4.74 Å². The Balaban J connectivity index is 1.87. The Morgan fingerprint density at radius 3 is 2.95 bits per heavy atom. The number of halogens is 1. The van der Waals surface area contributed by atoms with Crippen LogP contribution >= 0.6 is 0 Å². The number of benzene rings is 1. The van der Waals surface area contributed by atoms with Crippen LogP contribution in [0, 0.1) is 11.7 Å². The van der Waals surface area contributed by atoms with Crippen molar-refractivity contribution in [3.05, 3.63) is 29.6 Å². The van der Waals surface area contributed by atoms with Gasteiger partial charge in [-0.3, -0.25) is 0 Å². The van der Waals surface area contributed by atoms with Crippen molar-refractivity contribution in [2.24, 2.45) is 11.7 Å². The molecule has 0 saturated carbocycles. The van der Waals surface area contributed by atoms with E-state index in [1.165, 1.54) is 19.6 Å². The van der Waals surface area contributed by atoms with E-state index in [0.29, 0.717) is 12.5 Å². The Bertz CT molecular complexity index is 450. The summed E-state index contributed by atoms with van der Waals surface area (Å²) in [6.07, 6.45) is 2.34. The molecule has 118 valence electrons. The van der Waals surface area contributed by atoms with Crippen LogP contribution in [0.15, 0.2) is 18.2 Å². The zero-order valence-electron chi connectivity index (χ0n) is 12.8. The number of ether oxygens (including phenoxy) is 2. The predicted molar refractivity (Wildman–Crippen MR) is 80.9 cm³/mol. The molecule has 1 aromatic carbocycles. The maximum atomic E-state index is 13.7. The van der Waals surface area contributed by atoms with Crippen molar-refractivity contribution >= 4 is 0 Å². The van der Waals surface area contributed by atoms with Crippen molar-refractivity contribution in [2.75, 3.05) is 40.5 Å². The second-order valence-electron chi connectivity index (χ2n) is 5.80. The summed E-state index contributed by atoms with van der Waals surface area (Å²) in [6.45, 7) is 3.37. The van der Waals surface area contributed by atoms with E-state index in [1.54, 1.807) is 6.07 Å². The summed E-state index contributed by atoms with van der Waals surface area (Å²) in [5, 5.41) is 0. The van der Waals surface area contributed by atoms with Crippen LogP contribution in [0.4, 0.5) is 4.39 Å². The molecule has 2 N–H and O–H groups in total. The molecule has 5 heteroatoms. The minimum atomic E-state index is -0.367. The van der Waals surface area contributed by atoms with Crippen molar-refractivity contribution in [3.63, 3.8) is 0 Å². The van der Waals surface area contributed by atoms with E-state index in [0.717, 1.165) is 31.7 Å². The minimum Gasteiger partial charge on any atom is -0.494 e. The lowest BCUT2D eigenvalue weighted by molar-refractivity contribution is 0.0414. The topological polar surface area (TPSA) is 47.7 Å². The predicted octanol–water partition coefficient (Wildman–Crippen LogP) is 2.19. The van der Waals surface area contributed by atoms with E-state index in [2.05, 4.69) is 4.90 Å². The first-order valence-electron chi connectivity index (χ1n) is 7.45. The van der Waals surface area contributed by atoms with Gasteiger partial charge in [-0.05, 0) is 43.5 Å². The number of hydrogen-bond acceptors (Lipinski definition) is 4. The van der Waals surface area contributed by atoms with E-state index in [4.69, 9.17) is 15.2 Å². The lowest BCUT2D eigenvalue weighted by Gasteiger charge is -2.28. The molecule has 0 bridgehead atoms.